The molecule has 3 heteroatoms. The smallest absolute Gasteiger partial charge is 0.153 e. The van der Waals surface area contributed by atoms with E-state index in [-0.39, 0.29) is 0 Å². The van der Waals surface area contributed by atoms with Crippen molar-refractivity contribution in [3.8, 4) is 5.75 Å². The highest BCUT2D eigenvalue weighted by atomic mass is 16.5. The number of ether oxygens (including phenoxy) is 1. The molecule has 2 rings (SSSR count). The van der Waals surface area contributed by atoms with Gasteiger partial charge in [0.25, 0.3) is 0 Å². The lowest BCUT2D eigenvalue weighted by atomic mass is 10.0. The molecule has 1 aliphatic heterocycles. The first-order valence-corrected chi connectivity index (χ1v) is 7.30. The maximum atomic E-state index is 10.9. The van der Waals surface area contributed by atoms with Crippen molar-refractivity contribution < 1.29 is 14.4 Å². The highest BCUT2D eigenvalue weighted by Crippen LogP contribution is 2.15. The van der Waals surface area contributed by atoms with E-state index in [0.29, 0.717) is 17.9 Å². The van der Waals surface area contributed by atoms with E-state index in [9.17, 15) is 4.79 Å². The fourth-order valence-corrected chi connectivity index (χ4v) is 2.84. The minimum atomic E-state index is 0.640. The Kier molecular flexibility index (Phi) is 5.40. The Morgan fingerprint density at radius 2 is 2.26 bits per heavy atom. The minimum Gasteiger partial charge on any atom is -0.493 e. The van der Waals surface area contributed by atoms with Gasteiger partial charge in [0.2, 0.25) is 0 Å². The van der Waals surface area contributed by atoms with Crippen LogP contribution in [0.1, 0.15) is 36.5 Å². The molecule has 1 fully saturated rings. The third-order valence-electron chi connectivity index (χ3n) is 3.84. The van der Waals surface area contributed by atoms with Crippen LogP contribution in [-0.4, -0.2) is 32.5 Å². The van der Waals surface area contributed by atoms with Gasteiger partial charge in [-0.2, -0.15) is 0 Å². The Morgan fingerprint density at radius 3 is 3.05 bits per heavy atom. The fraction of sp³-hybridized carbons (Fsp3) is 0.562. The second-order valence-electron chi connectivity index (χ2n) is 5.56. The molecule has 0 aromatic heterocycles. The predicted octanol–water partition coefficient (Wildman–Crippen LogP) is 1.58. The SMILES string of the molecule is C[C@H]1CCC[NH+](CCCOc2ccccc2C=O)C1. The van der Waals surface area contributed by atoms with Crippen LogP contribution in [0.4, 0.5) is 0 Å². The average Bonchev–Trinajstić information content (AvgIpc) is 2.44. The molecule has 1 aromatic carbocycles. The highest BCUT2D eigenvalue weighted by molar-refractivity contribution is 5.79. The standard InChI is InChI=1S/C16H23NO2/c1-14-6-4-9-17(12-14)10-5-11-19-16-8-3-2-7-15(16)13-18/h2-3,7-8,13-14H,4-6,9-12H2,1H3/p+1/t14-/m0/s1. The van der Waals surface area contributed by atoms with Gasteiger partial charge in [-0.1, -0.05) is 19.1 Å². The van der Waals surface area contributed by atoms with Crippen molar-refractivity contribution in [1.82, 2.24) is 0 Å². The number of likely N-dealkylation sites (tertiary alicyclic amines) is 1. The Labute approximate surface area is 115 Å². The number of benzene rings is 1. The number of quaternary nitrogens is 1. The van der Waals surface area contributed by atoms with Crippen molar-refractivity contribution in [2.45, 2.75) is 26.2 Å². The molecule has 0 radical (unpaired) electrons. The Balaban J connectivity index is 1.70. The summed E-state index contributed by atoms with van der Waals surface area (Å²) in [6, 6.07) is 7.41. The number of nitrogens with one attached hydrogen (secondary N) is 1. The molecule has 3 nitrogen and oxygen atoms in total. The number of aldehydes is 1. The van der Waals surface area contributed by atoms with E-state index in [2.05, 4.69) is 6.92 Å². The molecule has 0 spiro atoms. The van der Waals surface area contributed by atoms with Gasteiger partial charge in [-0.05, 0) is 25.0 Å². The maximum absolute atomic E-state index is 10.9. The van der Waals surface area contributed by atoms with Crippen LogP contribution in [0.15, 0.2) is 24.3 Å². The first-order chi connectivity index (χ1) is 9.29. The monoisotopic (exact) mass is 262 g/mol. The molecule has 1 heterocycles. The fourth-order valence-electron chi connectivity index (χ4n) is 2.84. The molecule has 104 valence electrons. The van der Waals surface area contributed by atoms with E-state index >= 15 is 0 Å². The van der Waals surface area contributed by atoms with Crippen molar-refractivity contribution >= 4 is 6.29 Å². The molecule has 1 unspecified atom stereocenters. The normalized spacial score (nSPS) is 23.0. The van der Waals surface area contributed by atoms with Crippen LogP contribution >= 0.6 is 0 Å². The van der Waals surface area contributed by atoms with Crippen LogP contribution in [-0.2, 0) is 0 Å². The molecular weight excluding hydrogens is 238 g/mol. The van der Waals surface area contributed by atoms with E-state index < -0.39 is 0 Å². The van der Waals surface area contributed by atoms with E-state index in [4.69, 9.17) is 4.74 Å². The van der Waals surface area contributed by atoms with Gasteiger partial charge in [0.1, 0.15) is 5.75 Å². The van der Waals surface area contributed by atoms with Crippen molar-refractivity contribution in [3.05, 3.63) is 29.8 Å². The van der Waals surface area contributed by atoms with Crippen LogP contribution in [0.3, 0.4) is 0 Å². The third kappa shape index (κ3) is 4.35. The quantitative estimate of drug-likeness (QED) is 0.623. The minimum absolute atomic E-state index is 0.640. The molecule has 19 heavy (non-hydrogen) atoms. The maximum Gasteiger partial charge on any atom is 0.153 e. The lowest BCUT2D eigenvalue weighted by molar-refractivity contribution is -0.908. The van der Waals surface area contributed by atoms with E-state index in [1.807, 2.05) is 18.2 Å². The van der Waals surface area contributed by atoms with Crippen LogP contribution in [0.25, 0.3) is 0 Å². The molecule has 0 aliphatic carbocycles. The number of carbonyl (C=O) groups is 1. The van der Waals surface area contributed by atoms with Gasteiger partial charge in [0, 0.05) is 12.3 Å². The Morgan fingerprint density at radius 1 is 1.42 bits per heavy atom. The van der Waals surface area contributed by atoms with Crippen LogP contribution in [0.2, 0.25) is 0 Å². The average molecular weight is 262 g/mol. The summed E-state index contributed by atoms with van der Waals surface area (Å²) < 4.78 is 5.70. The summed E-state index contributed by atoms with van der Waals surface area (Å²) in [5, 5.41) is 0. The summed E-state index contributed by atoms with van der Waals surface area (Å²) in [6.45, 7) is 6.81. The number of hydrogen-bond acceptors (Lipinski definition) is 2. The summed E-state index contributed by atoms with van der Waals surface area (Å²) >= 11 is 0. The van der Waals surface area contributed by atoms with Crippen molar-refractivity contribution in [2.24, 2.45) is 5.92 Å². The molecule has 1 saturated heterocycles. The molecule has 0 bridgehead atoms. The highest BCUT2D eigenvalue weighted by Gasteiger charge is 2.18. The first-order valence-electron chi connectivity index (χ1n) is 7.30. The number of rotatable bonds is 6. The van der Waals surface area contributed by atoms with Gasteiger partial charge in [0.15, 0.2) is 6.29 Å². The van der Waals surface area contributed by atoms with Gasteiger partial charge in [-0.25, -0.2) is 0 Å². The number of carbonyl (C=O) groups excluding carboxylic acids is 1. The van der Waals surface area contributed by atoms with Gasteiger partial charge < -0.3 is 9.64 Å². The zero-order valence-electron chi connectivity index (χ0n) is 11.7. The Hall–Kier alpha value is -1.35. The lowest BCUT2D eigenvalue weighted by Crippen LogP contribution is -3.13. The molecule has 1 N–H and O–H groups in total. The van der Waals surface area contributed by atoms with Crippen LogP contribution in [0.5, 0.6) is 5.75 Å². The van der Waals surface area contributed by atoms with E-state index in [0.717, 1.165) is 18.6 Å². The molecule has 0 saturated carbocycles. The van der Waals surface area contributed by atoms with Crippen molar-refractivity contribution in [1.29, 1.82) is 0 Å². The summed E-state index contributed by atoms with van der Waals surface area (Å²) in [5.74, 6) is 1.57. The summed E-state index contributed by atoms with van der Waals surface area (Å²) in [5.41, 5.74) is 0.640. The van der Waals surface area contributed by atoms with Crippen LogP contribution < -0.4 is 9.64 Å². The lowest BCUT2D eigenvalue weighted by Gasteiger charge is -2.27. The molecule has 1 aliphatic rings. The van der Waals surface area contributed by atoms with E-state index in [1.165, 1.54) is 32.5 Å². The first kappa shape index (κ1) is 14.1. The second-order valence-corrected chi connectivity index (χ2v) is 5.56. The molecule has 2 atom stereocenters. The number of para-hydroxylation sites is 1. The summed E-state index contributed by atoms with van der Waals surface area (Å²) in [6.07, 6.45) is 4.64. The summed E-state index contributed by atoms with van der Waals surface area (Å²) in [4.78, 5) is 12.6. The van der Waals surface area contributed by atoms with Crippen LogP contribution in [0, 0.1) is 5.92 Å². The van der Waals surface area contributed by atoms with Gasteiger partial charge in [0.05, 0.1) is 31.8 Å². The Bertz CT molecular complexity index is 405. The second kappa shape index (κ2) is 7.29. The van der Waals surface area contributed by atoms with E-state index in [1.54, 1.807) is 11.0 Å². The molecule has 1 aromatic rings. The number of hydrogen-bond donors (Lipinski definition) is 1. The summed E-state index contributed by atoms with van der Waals surface area (Å²) in [7, 11) is 0. The third-order valence-corrected chi connectivity index (χ3v) is 3.84. The van der Waals surface area contributed by atoms with Gasteiger partial charge in [-0.15, -0.1) is 0 Å². The predicted molar refractivity (Wildman–Crippen MR) is 75.9 cm³/mol. The van der Waals surface area contributed by atoms with Crippen molar-refractivity contribution in [2.75, 3.05) is 26.2 Å². The zero-order valence-corrected chi connectivity index (χ0v) is 11.7. The topological polar surface area (TPSA) is 30.7 Å². The molecule has 0 amide bonds. The molecular formula is C16H24NO2+. The van der Waals surface area contributed by atoms with Gasteiger partial charge in [-0.3, -0.25) is 4.79 Å². The van der Waals surface area contributed by atoms with Gasteiger partial charge >= 0.3 is 0 Å². The zero-order chi connectivity index (χ0) is 13.5. The number of piperidine rings is 1. The largest absolute Gasteiger partial charge is 0.493 e. The van der Waals surface area contributed by atoms with Crippen molar-refractivity contribution in [3.63, 3.8) is 0 Å².